The fourth-order valence-electron chi connectivity index (χ4n) is 2.92. The molecule has 2 aromatic carbocycles. The van der Waals surface area contributed by atoms with Gasteiger partial charge in [-0.15, -0.1) is 0 Å². The number of rotatable bonds is 4. The van der Waals surface area contributed by atoms with E-state index in [2.05, 4.69) is 21.4 Å². The SMILES string of the molecule is NNC(c1c(F)ccc(Br)c1F)C1CC1c1ccccc1. The van der Waals surface area contributed by atoms with Gasteiger partial charge < -0.3 is 0 Å². The van der Waals surface area contributed by atoms with E-state index in [1.54, 1.807) is 0 Å². The molecule has 0 aliphatic heterocycles. The predicted octanol–water partition coefficient (Wildman–Crippen LogP) is 4.04. The van der Waals surface area contributed by atoms with Crippen LogP contribution in [0.2, 0.25) is 0 Å². The first-order valence-corrected chi connectivity index (χ1v) is 7.57. The molecule has 1 aliphatic rings. The van der Waals surface area contributed by atoms with Crippen LogP contribution in [0.15, 0.2) is 46.9 Å². The Morgan fingerprint density at radius 3 is 2.52 bits per heavy atom. The van der Waals surface area contributed by atoms with Gasteiger partial charge in [0.2, 0.25) is 0 Å². The predicted molar refractivity (Wildman–Crippen MR) is 81.4 cm³/mol. The number of nitrogens with two attached hydrogens (primary N) is 1. The molecule has 3 atom stereocenters. The van der Waals surface area contributed by atoms with Gasteiger partial charge in [0.1, 0.15) is 11.6 Å². The molecule has 0 saturated heterocycles. The third-order valence-corrected chi connectivity index (χ3v) is 4.68. The van der Waals surface area contributed by atoms with E-state index in [4.69, 9.17) is 5.84 Å². The van der Waals surface area contributed by atoms with Crippen molar-refractivity contribution in [1.82, 2.24) is 5.43 Å². The second-order valence-corrected chi connectivity index (χ2v) is 6.17. The second kappa shape index (κ2) is 5.83. The lowest BCUT2D eigenvalue weighted by Crippen LogP contribution is -2.31. The number of hydrazine groups is 1. The Labute approximate surface area is 130 Å². The number of nitrogens with one attached hydrogen (secondary N) is 1. The number of hydrogen-bond donors (Lipinski definition) is 2. The Hall–Kier alpha value is -1.30. The van der Waals surface area contributed by atoms with Crippen molar-refractivity contribution in [3.05, 3.63) is 69.7 Å². The van der Waals surface area contributed by atoms with Gasteiger partial charge in [-0.1, -0.05) is 30.3 Å². The van der Waals surface area contributed by atoms with Gasteiger partial charge in [0.15, 0.2) is 0 Å². The molecule has 3 unspecified atom stereocenters. The lowest BCUT2D eigenvalue weighted by Gasteiger charge is -2.18. The first kappa shape index (κ1) is 14.6. The molecule has 110 valence electrons. The van der Waals surface area contributed by atoms with E-state index >= 15 is 0 Å². The van der Waals surface area contributed by atoms with E-state index < -0.39 is 17.7 Å². The normalized spacial score (nSPS) is 22.1. The van der Waals surface area contributed by atoms with Crippen molar-refractivity contribution >= 4 is 15.9 Å². The molecule has 21 heavy (non-hydrogen) atoms. The molecule has 0 bridgehead atoms. The lowest BCUT2D eigenvalue weighted by atomic mass is 9.98. The molecule has 0 radical (unpaired) electrons. The smallest absolute Gasteiger partial charge is 0.145 e. The molecule has 0 aromatic heterocycles. The Kier molecular flexibility index (Phi) is 4.06. The largest absolute Gasteiger partial charge is 0.271 e. The van der Waals surface area contributed by atoms with Crippen LogP contribution in [0.1, 0.15) is 29.5 Å². The van der Waals surface area contributed by atoms with E-state index in [-0.39, 0.29) is 21.9 Å². The molecule has 0 spiro atoms. The molecule has 0 amide bonds. The molecule has 1 fully saturated rings. The lowest BCUT2D eigenvalue weighted by molar-refractivity contribution is 0.433. The van der Waals surface area contributed by atoms with E-state index in [1.165, 1.54) is 17.7 Å². The summed E-state index contributed by atoms with van der Waals surface area (Å²) >= 11 is 3.10. The van der Waals surface area contributed by atoms with E-state index in [0.717, 1.165) is 6.42 Å². The van der Waals surface area contributed by atoms with Crippen LogP contribution in [0, 0.1) is 17.6 Å². The Morgan fingerprint density at radius 2 is 1.86 bits per heavy atom. The highest BCUT2D eigenvalue weighted by atomic mass is 79.9. The van der Waals surface area contributed by atoms with Crippen LogP contribution in [0.3, 0.4) is 0 Å². The third-order valence-electron chi connectivity index (χ3n) is 4.07. The summed E-state index contributed by atoms with van der Waals surface area (Å²) in [6.45, 7) is 0. The number of halogens is 3. The Balaban J connectivity index is 1.90. The summed E-state index contributed by atoms with van der Waals surface area (Å²) in [5, 5.41) is 0. The van der Waals surface area contributed by atoms with E-state index in [1.807, 2.05) is 30.3 Å². The fourth-order valence-corrected chi connectivity index (χ4v) is 3.26. The zero-order valence-corrected chi connectivity index (χ0v) is 12.8. The Bertz CT molecular complexity index is 648. The van der Waals surface area contributed by atoms with Crippen LogP contribution >= 0.6 is 15.9 Å². The third kappa shape index (κ3) is 2.73. The monoisotopic (exact) mass is 352 g/mol. The number of benzene rings is 2. The van der Waals surface area contributed by atoms with Crippen LogP contribution in [-0.2, 0) is 0 Å². The average Bonchev–Trinajstić information content (AvgIpc) is 3.29. The van der Waals surface area contributed by atoms with Gasteiger partial charge >= 0.3 is 0 Å². The molecule has 2 aromatic rings. The molecular weight excluding hydrogens is 338 g/mol. The quantitative estimate of drug-likeness (QED) is 0.495. The molecular formula is C16H15BrF2N2. The topological polar surface area (TPSA) is 38.0 Å². The maximum atomic E-state index is 14.2. The summed E-state index contributed by atoms with van der Waals surface area (Å²) < 4.78 is 28.5. The van der Waals surface area contributed by atoms with Crippen molar-refractivity contribution < 1.29 is 8.78 Å². The van der Waals surface area contributed by atoms with Gasteiger partial charge in [-0.25, -0.2) is 8.78 Å². The zero-order valence-electron chi connectivity index (χ0n) is 11.2. The molecule has 2 nitrogen and oxygen atoms in total. The summed E-state index contributed by atoms with van der Waals surface area (Å²) in [6.07, 6.45) is 0.865. The van der Waals surface area contributed by atoms with Crippen LogP contribution < -0.4 is 11.3 Å². The van der Waals surface area contributed by atoms with Crippen molar-refractivity contribution in [2.45, 2.75) is 18.4 Å². The summed E-state index contributed by atoms with van der Waals surface area (Å²) in [7, 11) is 0. The molecule has 3 N–H and O–H groups in total. The molecule has 1 aliphatic carbocycles. The molecule has 3 rings (SSSR count). The highest BCUT2D eigenvalue weighted by Gasteiger charge is 2.45. The van der Waals surface area contributed by atoms with E-state index in [9.17, 15) is 8.78 Å². The highest BCUT2D eigenvalue weighted by Crippen LogP contribution is 2.54. The molecule has 5 heteroatoms. The standard InChI is InChI=1S/C16H15BrF2N2/c17-12-6-7-13(18)14(15(12)19)16(21-20)11-8-10(11)9-4-2-1-3-5-9/h1-7,10-11,16,21H,8,20H2. The minimum Gasteiger partial charge on any atom is -0.271 e. The van der Waals surface area contributed by atoms with Crippen molar-refractivity contribution in [2.24, 2.45) is 11.8 Å². The minimum atomic E-state index is -0.586. The van der Waals surface area contributed by atoms with Crippen molar-refractivity contribution in [2.75, 3.05) is 0 Å². The Morgan fingerprint density at radius 1 is 1.14 bits per heavy atom. The van der Waals surface area contributed by atoms with Gasteiger partial charge in [-0.05, 0) is 51.9 Å². The van der Waals surface area contributed by atoms with Crippen LogP contribution in [0.5, 0.6) is 0 Å². The van der Waals surface area contributed by atoms with Crippen LogP contribution in [0.4, 0.5) is 8.78 Å². The summed E-state index contributed by atoms with van der Waals surface area (Å²) in [4.78, 5) is 0. The molecule has 0 heterocycles. The van der Waals surface area contributed by atoms with Crippen LogP contribution in [-0.4, -0.2) is 0 Å². The van der Waals surface area contributed by atoms with Gasteiger partial charge in [-0.2, -0.15) is 0 Å². The maximum Gasteiger partial charge on any atom is 0.145 e. The fraction of sp³-hybridized carbons (Fsp3) is 0.250. The highest BCUT2D eigenvalue weighted by molar-refractivity contribution is 9.10. The summed E-state index contributed by atoms with van der Waals surface area (Å²) in [6, 6.07) is 12.0. The summed E-state index contributed by atoms with van der Waals surface area (Å²) in [5.74, 6) is 4.79. The average molecular weight is 353 g/mol. The van der Waals surface area contributed by atoms with Crippen molar-refractivity contribution in [3.8, 4) is 0 Å². The van der Waals surface area contributed by atoms with Gasteiger partial charge in [0, 0.05) is 5.56 Å². The van der Waals surface area contributed by atoms with Crippen molar-refractivity contribution in [1.29, 1.82) is 0 Å². The van der Waals surface area contributed by atoms with Crippen molar-refractivity contribution in [3.63, 3.8) is 0 Å². The minimum absolute atomic E-state index is 0.00954. The second-order valence-electron chi connectivity index (χ2n) is 5.32. The maximum absolute atomic E-state index is 14.2. The zero-order chi connectivity index (χ0) is 15.0. The first-order valence-electron chi connectivity index (χ1n) is 6.78. The van der Waals surface area contributed by atoms with Gasteiger partial charge in [-0.3, -0.25) is 11.3 Å². The van der Waals surface area contributed by atoms with Gasteiger partial charge in [0.05, 0.1) is 10.5 Å². The summed E-state index contributed by atoms with van der Waals surface area (Å²) in [5.41, 5.74) is 3.78. The van der Waals surface area contributed by atoms with Gasteiger partial charge in [0.25, 0.3) is 0 Å². The number of hydrogen-bond acceptors (Lipinski definition) is 2. The van der Waals surface area contributed by atoms with Crippen LogP contribution in [0.25, 0.3) is 0 Å². The molecule has 1 saturated carbocycles. The first-order chi connectivity index (χ1) is 10.1. The van der Waals surface area contributed by atoms with E-state index in [0.29, 0.717) is 0 Å².